The predicted octanol–water partition coefficient (Wildman–Crippen LogP) is 2.88. The second-order valence-corrected chi connectivity index (χ2v) is 5.00. The van der Waals surface area contributed by atoms with Crippen LogP contribution in [0.15, 0.2) is 42.6 Å². The SMILES string of the molecule is COCCN(Cc1ccc(OC)nc1)Cc1ccccc1F. The molecule has 22 heavy (non-hydrogen) atoms. The van der Waals surface area contributed by atoms with Crippen LogP contribution in [0.25, 0.3) is 0 Å². The van der Waals surface area contributed by atoms with Crippen molar-refractivity contribution in [2.75, 3.05) is 27.4 Å². The van der Waals surface area contributed by atoms with Crippen LogP contribution < -0.4 is 4.74 Å². The van der Waals surface area contributed by atoms with E-state index in [0.29, 0.717) is 31.1 Å². The molecular weight excluding hydrogens is 283 g/mol. The Morgan fingerprint density at radius 1 is 1.09 bits per heavy atom. The number of rotatable bonds is 8. The summed E-state index contributed by atoms with van der Waals surface area (Å²) in [6, 6.07) is 10.6. The average molecular weight is 304 g/mol. The van der Waals surface area contributed by atoms with E-state index in [-0.39, 0.29) is 5.82 Å². The van der Waals surface area contributed by atoms with Gasteiger partial charge in [0.2, 0.25) is 5.88 Å². The van der Waals surface area contributed by atoms with E-state index in [4.69, 9.17) is 9.47 Å². The number of nitrogens with zero attached hydrogens (tertiary/aromatic N) is 2. The van der Waals surface area contributed by atoms with Crippen LogP contribution >= 0.6 is 0 Å². The van der Waals surface area contributed by atoms with Gasteiger partial charge in [-0.3, -0.25) is 4.90 Å². The van der Waals surface area contributed by atoms with Crippen molar-refractivity contribution in [1.29, 1.82) is 0 Å². The quantitative estimate of drug-likeness (QED) is 0.751. The fourth-order valence-corrected chi connectivity index (χ4v) is 2.19. The Morgan fingerprint density at radius 2 is 1.91 bits per heavy atom. The van der Waals surface area contributed by atoms with Crippen molar-refractivity contribution in [3.8, 4) is 5.88 Å². The Labute approximate surface area is 130 Å². The van der Waals surface area contributed by atoms with E-state index in [1.807, 2.05) is 18.2 Å². The molecule has 0 unspecified atom stereocenters. The van der Waals surface area contributed by atoms with Crippen LogP contribution in [0, 0.1) is 5.82 Å². The van der Waals surface area contributed by atoms with Crippen LogP contribution in [0.3, 0.4) is 0 Å². The molecule has 5 heteroatoms. The van der Waals surface area contributed by atoms with Gasteiger partial charge in [0.05, 0.1) is 13.7 Å². The van der Waals surface area contributed by atoms with E-state index < -0.39 is 0 Å². The maximum absolute atomic E-state index is 13.8. The monoisotopic (exact) mass is 304 g/mol. The lowest BCUT2D eigenvalue weighted by molar-refractivity contribution is 0.139. The van der Waals surface area contributed by atoms with Crippen LogP contribution in [0.4, 0.5) is 4.39 Å². The minimum atomic E-state index is -0.183. The zero-order chi connectivity index (χ0) is 15.8. The zero-order valence-electron chi connectivity index (χ0n) is 13.0. The van der Waals surface area contributed by atoms with E-state index in [1.54, 1.807) is 32.5 Å². The fraction of sp³-hybridized carbons (Fsp3) is 0.353. The van der Waals surface area contributed by atoms with Crippen molar-refractivity contribution >= 4 is 0 Å². The van der Waals surface area contributed by atoms with Gasteiger partial charge in [-0.05, 0) is 11.6 Å². The first-order valence-corrected chi connectivity index (χ1v) is 7.16. The molecule has 4 nitrogen and oxygen atoms in total. The number of aromatic nitrogens is 1. The molecular formula is C17H21FN2O2. The van der Waals surface area contributed by atoms with Crippen LogP contribution in [0.2, 0.25) is 0 Å². The van der Waals surface area contributed by atoms with Gasteiger partial charge in [-0.2, -0.15) is 0 Å². The third kappa shape index (κ3) is 4.79. The van der Waals surface area contributed by atoms with Gasteiger partial charge in [0.1, 0.15) is 5.82 Å². The molecule has 1 aromatic carbocycles. The molecule has 1 heterocycles. The summed E-state index contributed by atoms with van der Waals surface area (Å²) in [5.74, 6) is 0.402. The normalized spacial score (nSPS) is 10.9. The third-order valence-electron chi connectivity index (χ3n) is 3.38. The van der Waals surface area contributed by atoms with E-state index in [1.165, 1.54) is 6.07 Å². The fourth-order valence-electron chi connectivity index (χ4n) is 2.19. The molecule has 2 aromatic rings. The van der Waals surface area contributed by atoms with Crippen molar-refractivity contribution in [3.63, 3.8) is 0 Å². The summed E-state index contributed by atoms with van der Waals surface area (Å²) in [5.41, 5.74) is 1.73. The Bertz CT molecular complexity index is 575. The first-order chi connectivity index (χ1) is 10.7. The second kappa shape index (κ2) is 8.46. The lowest BCUT2D eigenvalue weighted by Gasteiger charge is -2.22. The summed E-state index contributed by atoms with van der Waals surface area (Å²) in [7, 11) is 3.25. The number of hydrogen-bond donors (Lipinski definition) is 0. The van der Waals surface area contributed by atoms with Gasteiger partial charge in [-0.15, -0.1) is 0 Å². The zero-order valence-corrected chi connectivity index (χ0v) is 13.0. The molecule has 0 N–H and O–H groups in total. The molecule has 0 atom stereocenters. The summed E-state index contributed by atoms with van der Waals surface area (Å²) in [5, 5.41) is 0. The van der Waals surface area contributed by atoms with Crippen molar-refractivity contribution in [1.82, 2.24) is 9.88 Å². The number of hydrogen-bond acceptors (Lipinski definition) is 4. The Hall–Kier alpha value is -1.98. The Morgan fingerprint density at radius 3 is 2.55 bits per heavy atom. The highest BCUT2D eigenvalue weighted by molar-refractivity contribution is 5.19. The number of halogens is 1. The van der Waals surface area contributed by atoms with E-state index in [0.717, 1.165) is 12.1 Å². The van der Waals surface area contributed by atoms with Gasteiger partial charge in [0.25, 0.3) is 0 Å². The molecule has 0 fully saturated rings. The minimum absolute atomic E-state index is 0.183. The van der Waals surface area contributed by atoms with Crippen LogP contribution in [-0.4, -0.2) is 37.3 Å². The van der Waals surface area contributed by atoms with Crippen molar-refractivity contribution < 1.29 is 13.9 Å². The highest BCUT2D eigenvalue weighted by Crippen LogP contribution is 2.14. The van der Waals surface area contributed by atoms with Gasteiger partial charge in [0.15, 0.2) is 0 Å². The van der Waals surface area contributed by atoms with Gasteiger partial charge in [0, 0.05) is 44.6 Å². The molecule has 118 valence electrons. The molecule has 0 radical (unpaired) electrons. The molecule has 0 spiro atoms. The van der Waals surface area contributed by atoms with Gasteiger partial charge in [-0.1, -0.05) is 24.3 Å². The lowest BCUT2D eigenvalue weighted by Crippen LogP contribution is -2.27. The number of methoxy groups -OCH3 is 2. The first kappa shape index (κ1) is 16.4. The molecule has 0 aliphatic carbocycles. The largest absolute Gasteiger partial charge is 0.481 e. The lowest BCUT2D eigenvalue weighted by atomic mass is 10.2. The van der Waals surface area contributed by atoms with Crippen LogP contribution in [0.1, 0.15) is 11.1 Å². The topological polar surface area (TPSA) is 34.6 Å². The Kier molecular flexibility index (Phi) is 6.30. The second-order valence-electron chi connectivity index (χ2n) is 5.00. The average Bonchev–Trinajstić information content (AvgIpc) is 2.55. The van der Waals surface area contributed by atoms with E-state index in [9.17, 15) is 4.39 Å². The molecule has 1 aromatic heterocycles. The first-order valence-electron chi connectivity index (χ1n) is 7.16. The summed E-state index contributed by atoms with van der Waals surface area (Å²) in [4.78, 5) is 6.33. The van der Waals surface area contributed by atoms with Gasteiger partial charge >= 0.3 is 0 Å². The highest BCUT2D eigenvalue weighted by Gasteiger charge is 2.10. The molecule has 0 aliphatic rings. The van der Waals surface area contributed by atoms with Crippen molar-refractivity contribution in [2.24, 2.45) is 0 Å². The summed E-state index contributed by atoms with van der Waals surface area (Å²) < 4.78 is 24.0. The van der Waals surface area contributed by atoms with E-state index in [2.05, 4.69) is 9.88 Å². The van der Waals surface area contributed by atoms with Crippen molar-refractivity contribution in [2.45, 2.75) is 13.1 Å². The van der Waals surface area contributed by atoms with Crippen molar-refractivity contribution in [3.05, 3.63) is 59.5 Å². The number of benzene rings is 1. The molecule has 0 bridgehead atoms. The van der Waals surface area contributed by atoms with Crippen LogP contribution in [0.5, 0.6) is 5.88 Å². The van der Waals surface area contributed by atoms with Gasteiger partial charge in [-0.25, -0.2) is 9.37 Å². The maximum atomic E-state index is 13.8. The summed E-state index contributed by atoms with van der Waals surface area (Å²) >= 11 is 0. The number of ether oxygens (including phenoxy) is 2. The number of pyridine rings is 1. The molecule has 0 saturated heterocycles. The highest BCUT2D eigenvalue weighted by atomic mass is 19.1. The van der Waals surface area contributed by atoms with Crippen LogP contribution in [-0.2, 0) is 17.8 Å². The summed E-state index contributed by atoms with van der Waals surface area (Å²) in [6.07, 6.45) is 1.78. The smallest absolute Gasteiger partial charge is 0.212 e. The molecule has 0 amide bonds. The predicted molar refractivity (Wildman–Crippen MR) is 83.2 cm³/mol. The molecule has 0 aliphatic heterocycles. The standard InChI is InChI=1S/C17H21FN2O2/c1-21-10-9-20(13-15-5-3-4-6-16(15)18)12-14-7-8-17(22-2)19-11-14/h3-8,11H,9-10,12-13H2,1-2H3. The van der Waals surface area contributed by atoms with Gasteiger partial charge < -0.3 is 9.47 Å². The molecule has 0 saturated carbocycles. The Balaban J connectivity index is 2.06. The minimum Gasteiger partial charge on any atom is -0.481 e. The summed E-state index contributed by atoms with van der Waals surface area (Å²) in [6.45, 7) is 2.52. The molecule has 2 rings (SSSR count). The van der Waals surface area contributed by atoms with E-state index >= 15 is 0 Å². The maximum Gasteiger partial charge on any atom is 0.212 e. The third-order valence-corrected chi connectivity index (χ3v) is 3.38.